The molecule has 0 amide bonds. The van der Waals surface area contributed by atoms with E-state index in [1.165, 1.54) is 12.1 Å². The summed E-state index contributed by atoms with van der Waals surface area (Å²) in [5.74, 6) is 3.14. The number of halogens is 2. The van der Waals surface area contributed by atoms with Gasteiger partial charge in [-0.2, -0.15) is 0 Å². The number of hydrogen-bond donors (Lipinski definition) is 2. The average molecular weight is 505 g/mol. The van der Waals surface area contributed by atoms with Gasteiger partial charge in [0.15, 0.2) is 5.96 Å². The Balaban J connectivity index is 0.00000364. The van der Waals surface area contributed by atoms with Crippen LogP contribution in [-0.4, -0.2) is 34.9 Å². The van der Waals surface area contributed by atoms with Gasteiger partial charge in [0, 0.05) is 37.4 Å². The Morgan fingerprint density at radius 2 is 2.00 bits per heavy atom. The second-order valence-electron chi connectivity index (χ2n) is 6.40. The van der Waals surface area contributed by atoms with Crippen LogP contribution in [0.3, 0.4) is 0 Å². The summed E-state index contributed by atoms with van der Waals surface area (Å²) in [4.78, 5) is 9.75. The normalized spacial score (nSPS) is 11.4. The molecular weight excluding hydrogens is 476 g/mol. The van der Waals surface area contributed by atoms with Crippen LogP contribution in [0.25, 0.3) is 0 Å². The lowest BCUT2D eigenvalue weighted by molar-refractivity contribution is 0.503. The van der Waals surface area contributed by atoms with E-state index in [0.717, 1.165) is 41.9 Å². The van der Waals surface area contributed by atoms with E-state index >= 15 is 0 Å². The van der Waals surface area contributed by atoms with Crippen LogP contribution in [0.2, 0.25) is 0 Å². The van der Waals surface area contributed by atoms with Gasteiger partial charge in [-0.25, -0.2) is 9.37 Å². The molecule has 1 aromatic heterocycles. The first-order chi connectivity index (χ1) is 12.6. The molecule has 2 N–H and O–H groups in total. The minimum Gasteiger partial charge on any atom is -0.356 e. The molecule has 0 aliphatic heterocycles. The predicted molar refractivity (Wildman–Crippen MR) is 122 cm³/mol. The first-order valence-corrected chi connectivity index (χ1v) is 9.90. The van der Waals surface area contributed by atoms with E-state index in [0.29, 0.717) is 12.5 Å². The third-order valence-corrected chi connectivity index (χ3v) is 4.80. The highest BCUT2D eigenvalue weighted by molar-refractivity contribution is 14.0. The molecule has 0 atom stereocenters. The molecule has 2 rings (SSSR count). The van der Waals surface area contributed by atoms with Gasteiger partial charge in [0.05, 0.1) is 6.54 Å². The van der Waals surface area contributed by atoms with Crippen LogP contribution in [0.15, 0.2) is 46.5 Å². The van der Waals surface area contributed by atoms with Gasteiger partial charge in [0.1, 0.15) is 11.6 Å². The minimum absolute atomic E-state index is 0. The minimum atomic E-state index is -0.195. The van der Waals surface area contributed by atoms with Gasteiger partial charge in [0.25, 0.3) is 0 Å². The number of guanidine groups is 1. The van der Waals surface area contributed by atoms with Crippen molar-refractivity contribution in [3.8, 4) is 0 Å². The predicted octanol–water partition coefficient (Wildman–Crippen LogP) is 4.14. The summed E-state index contributed by atoms with van der Waals surface area (Å²) in [5.41, 5.74) is 0. The van der Waals surface area contributed by atoms with E-state index in [-0.39, 0.29) is 29.8 Å². The van der Waals surface area contributed by atoms with Crippen LogP contribution >= 0.6 is 35.7 Å². The molecule has 0 fully saturated rings. The summed E-state index contributed by atoms with van der Waals surface area (Å²) >= 11 is 1.73. The fourth-order valence-electron chi connectivity index (χ4n) is 2.45. The second kappa shape index (κ2) is 13.0. The number of aliphatic imine (C=N–C) groups is 1. The third-order valence-electron chi connectivity index (χ3n) is 3.70. The SMILES string of the molecule is CN=C(NCCCSc1ccc(F)cc1)NCc1nccn1CC(C)C.I. The standard InChI is InChI=1S/C19H28FN5S.HI/c1-15(2)14-25-11-10-22-18(25)13-24-19(21-3)23-9-4-12-26-17-7-5-16(20)6-8-17;/h5-8,10-11,15H,4,9,12-14H2,1-3H3,(H2,21,23,24);1H. The van der Waals surface area contributed by atoms with Gasteiger partial charge in [0.2, 0.25) is 0 Å². The van der Waals surface area contributed by atoms with Crippen molar-refractivity contribution in [2.75, 3.05) is 19.3 Å². The monoisotopic (exact) mass is 505 g/mol. The van der Waals surface area contributed by atoms with Crippen molar-refractivity contribution < 1.29 is 4.39 Å². The van der Waals surface area contributed by atoms with Crippen LogP contribution in [0.1, 0.15) is 26.1 Å². The number of rotatable bonds is 9. The summed E-state index contributed by atoms with van der Waals surface area (Å²) in [6, 6.07) is 6.62. The van der Waals surface area contributed by atoms with Crippen molar-refractivity contribution in [1.29, 1.82) is 0 Å². The van der Waals surface area contributed by atoms with Crippen molar-refractivity contribution in [1.82, 2.24) is 20.2 Å². The second-order valence-corrected chi connectivity index (χ2v) is 7.57. The Bertz CT molecular complexity index is 688. The molecule has 2 aromatic rings. The largest absolute Gasteiger partial charge is 0.356 e. The Kier molecular flexibility index (Phi) is 11.4. The zero-order valence-corrected chi connectivity index (χ0v) is 19.3. The Hall–Kier alpha value is -1.29. The Labute approximate surface area is 182 Å². The first-order valence-electron chi connectivity index (χ1n) is 8.91. The summed E-state index contributed by atoms with van der Waals surface area (Å²) in [7, 11) is 1.77. The van der Waals surface area contributed by atoms with Crippen LogP contribution < -0.4 is 10.6 Å². The third kappa shape index (κ3) is 8.96. The number of thioether (sulfide) groups is 1. The van der Waals surface area contributed by atoms with Gasteiger partial charge in [-0.05, 0) is 42.4 Å². The lowest BCUT2D eigenvalue weighted by Gasteiger charge is -2.14. The highest BCUT2D eigenvalue weighted by Gasteiger charge is 2.06. The summed E-state index contributed by atoms with van der Waals surface area (Å²) in [6.45, 7) is 6.82. The topological polar surface area (TPSA) is 54.2 Å². The van der Waals surface area contributed by atoms with Gasteiger partial charge in [-0.1, -0.05) is 13.8 Å². The van der Waals surface area contributed by atoms with Crippen LogP contribution in [0.5, 0.6) is 0 Å². The highest BCUT2D eigenvalue weighted by atomic mass is 127. The molecule has 0 spiro atoms. The first kappa shape index (κ1) is 23.7. The molecule has 1 heterocycles. The smallest absolute Gasteiger partial charge is 0.191 e. The van der Waals surface area contributed by atoms with E-state index in [4.69, 9.17) is 0 Å². The lowest BCUT2D eigenvalue weighted by atomic mass is 10.2. The van der Waals surface area contributed by atoms with Crippen LogP contribution in [0.4, 0.5) is 4.39 Å². The van der Waals surface area contributed by atoms with Gasteiger partial charge in [-0.3, -0.25) is 4.99 Å². The summed E-state index contributed by atoms with van der Waals surface area (Å²) in [6.07, 6.45) is 4.84. The molecule has 0 aliphatic rings. The van der Waals surface area contributed by atoms with Crippen LogP contribution in [0, 0.1) is 11.7 Å². The number of imidazole rings is 1. The average Bonchev–Trinajstić information content (AvgIpc) is 3.05. The number of benzene rings is 1. The molecule has 8 heteroatoms. The van der Waals surface area contributed by atoms with Crippen molar-refractivity contribution in [3.05, 3.63) is 48.3 Å². The van der Waals surface area contributed by atoms with Crippen LogP contribution in [-0.2, 0) is 13.1 Å². The van der Waals surface area contributed by atoms with Crippen molar-refractivity contribution >= 4 is 41.7 Å². The summed E-state index contributed by atoms with van der Waals surface area (Å²) < 4.78 is 15.0. The molecule has 0 saturated heterocycles. The van der Waals surface area contributed by atoms with Gasteiger partial charge < -0.3 is 15.2 Å². The number of nitrogens with zero attached hydrogens (tertiary/aromatic N) is 3. The molecular formula is C19H29FIN5S. The number of hydrogen-bond acceptors (Lipinski definition) is 3. The fourth-order valence-corrected chi connectivity index (χ4v) is 3.30. The Morgan fingerprint density at radius 1 is 1.26 bits per heavy atom. The maximum atomic E-state index is 12.9. The summed E-state index contributed by atoms with van der Waals surface area (Å²) in [5, 5.41) is 6.62. The van der Waals surface area contributed by atoms with Crippen molar-refractivity contribution in [2.45, 2.75) is 38.3 Å². The van der Waals surface area contributed by atoms with Gasteiger partial charge in [-0.15, -0.1) is 35.7 Å². The zero-order chi connectivity index (χ0) is 18.8. The number of aromatic nitrogens is 2. The van der Waals surface area contributed by atoms with E-state index < -0.39 is 0 Å². The van der Waals surface area contributed by atoms with E-state index in [1.807, 2.05) is 24.5 Å². The number of nitrogens with one attached hydrogen (secondary N) is 2. The molecule has 0 saturated carbocycles. The van der Waals surface area contributed by atoms with E-state index in [2.05, 4.69) is 39.0 Å². The fraction of sp³-hybridized carbons (Fsp3) is 0.474. The zero-order valence-electron chi connectivity index (χ0n) is 16.1. The van der Waals surface area contributed by atoms with Gasteiger partial charge >= 0.3 is 0 Å². The van der Waals surface area contributed by atoms with E-state index in [9.17, 15) is 4.39 Å². The van der Waals surface area contributed by atoms with E-state index in [1.54, 1.807) is 18.8 Å². The maximum Gasteiger partial charge on any atom is 0.191 e. The van der Waals surface area contributed by atoms with Crippen molar-refractivity contribution in [2.24, 2.45) is 10.9 Å². The molecule has 0 bridgehead atoms. The molecule has 150 valence electrons. The molecule has 27 heavy (non-hydrogen) atoms. The molecule has 0 aliphatic carbocycles. The Morgan fingerprint density at radius 3 is 2.67 bits per heavy atom. The quantitative estimate of drug-likeness (QED) is 0.177. The van der Waals surface area contributed by atoms with Crippen molar-refractivity contribution in [3.63, 3.8) is 0 Å². The maximum absolute atomic E-state index is 12.9. The molecule has 5 nitrogen and oxygen atoms in total. The molecule has 0 radical (unpaired) electrons. The highest BCUT2D eigenvalue weighted by Crippen LogP contribution is 2.18. The molecule has 1 aromatic carbocycles. The molecule has 0 unspecified atom stereocenters. The lowest BCUT2D eigenvalue weighted by Crippen LogP contribution is -2.38.